The van der Waals surface area contributed by atoms with Gasteiger partial charge in [-0.15, -0.1) is 0 Å². The average Bonchev–Trinajstić information content (AvgIpc) is 2.37. The quantitative estimate of drug-likeness (QED) is 0.897. The largest absolute Gasteiger partial charge is 0.416 e. The fraction of sp³-hybridized carbons (Fsp3) is 0.538. The van der Waals surface area contributed by atoms with Crippen molar-refractivity contribution in [2.24, 2.45) is 0 Å². The molecule has 1 aromatic carbocycles. The van der Waals surface area contributed by atoms with E-state index >= 15 is 0 Å². The number of likely N-dealkylation sites (N-methyl/N-ethyl adjacent to an activating group) is 1. The summed E-state index contributed by atoms with van der Waals surface area (Å²) in [6, 6.07) is 3.90. The molecule has 1 N–H and O–H groups in total. The van der Waals surface area contributed by atoms with Gasteiger partial charge in [0.2, 0.25) is 0 Å². The van der Waals surface area contributed by atoms with E-state index in [0.29, 0.717) is 11.7 Å². The van der Waals surface area contributed by atoms with Gasteiger partial charge in [-0.3, -0.25) is 0 Å². The maximum Gasteiger partial charge on any atom is 0.416 e. The van der Waals surface area contributed by atoms with Gasteiger partial charge in [-0.1, -0.05) is 11.6 Å². The predicted molar refractivity (Wildman–Crippen MR) is 70.7 cm³/mol. The molecule has 0 spiro atoms. The van der Waals surface area contributed by atoms with Gasteiger partial charge in [0.05, 0.1) is 16.3 Å². The number of benzene rings is 1. The van der Waals surface area contributed by atoms with E-state index in [2.05, 4.69) is 5.32 Å². The molecule has 1 heterocycles. The highest BCUT2D eigenvalue weighted by molar-refractivity contribution is 6.33. The minimum Gasteiger partial charge on any atom is -0.369 e. The number of nitrogens with zero attached hydrogens (tertiary/aromatic N) is 1. The molecule has 0 aromatic heterocycles. The van der Waals surface area contributed by atoms with Crippen LogP contribution in [0.25, 0.3) is 0 Å². The molecule has 2 nitrogen and oxygen atoms in total. The van der Waals surface area contributed by atoms with Crippen molar-refractivity contribution in [1.29, 1.82) is 0 Å². The van der Waals surface area contributed by atoms with E-state index in [1.807, 2.05) is 11.9 Å². The Kier molecular flexibility index (Phi) is 4.26. The molecule has 1 atom stereocenters. The molecular formula is C13H16ClF3N2. The molecular weight excluding hydrogens is 277 g/mol. The highest BCUT2D eigenvalue weighted by atomic mass is 35.5. The van der Waals surface area contributed by atoms with Crippen LogP contribution >= 0.6 is 11.6 Å². The van der Waals surface area contributed by atoms with E-state index in [0.717, 1.165) is 38.1 Å². The van der Waals surface area contributed by atoms with Gasteiger partial charge in [0.1, 0.15) is 0 Å². The first-order valence-electron chi connectivity index (χ1n) is 6.21. The molecule has 1 fully saturated rings. The Labute approximate surface area is 115 Å². The Balaban J connectivity index is 2.21. The minimum atomic E-state index is -4.35. The van der Waals surface area contributed by atoms with E-state index in [9.17, 15) is 13.2 Å². The molecule has 0 aliphatic carbocycles. The van der Waals surface area contributed by atoms with Crippen molar-refractivity contribution in [3.05, 3.63) is 28.8 Å². The summed E-state index contributed by atoms with van der Waals surface area (Å²) in [5.74, 6) is 0. The van der Waals surface area contributed by atoms with E-state index in [4.69, 9.17) is 11.6 Å². The highest BCUT2D eigenvalue weighted by Crippen LogP contribution is 2.35. The molecule has 1 aliphatic heterocycles. The molecule has 1 saturated heterocycles. The number of nitrogens with one attached hydrogen (secondary N) is 1. The summed E-state index contributed by atoms with van der Waals surface area (Å²) in [7, 11) is 1.89. The lowest BCUT2D eigenvalue weighted by atomic mass is 10.0. The van der Waals surface area contributed by atoms with E-state index in [1.54, 1.807) is 0 Å². The maximum absolute atomic E-state index is 12.6. The molecule has 0 amide bonds. The Morgan fingerprint density at radius 1 is 1.37 bits per heavy atom. The lowest BCUT2D eigenvalue weighted by molar-refractivity contribution is -0.137. The van der Waals surface area contributed by atoms with Crippen LogP contribution in [-0.4, -0.2) is 26.2 Å². The van der Waals surface area contributed by atoms with Gasteiger partial charge in [-0.25, -0.2) is 0 Å². The lowest BCUT2D eigenvalue weighted by Gasteiger charge is -2.34. The number of rotatable bonds is 2. The van der Waals surface area contributed by atoms with Gasteiger partial charge in [-0.2, -0.15) is 13.2 Å². The van der Waals surface area contributed by atoms with Gasteiger partial charge in [0.15, 0.2) is 0 Å². The standard InChI is InChI=1S/C13H16ClF3N2/c1-18-10-3-2-6-19(8-10)12-5-4-9(7-11(12)14)13(15,16)17/h4-5,7,10,18H,2-3,6,8H2,1H3. The topological polar surface area (TPSA) is 15.3 Å². The summed E-state index contributed by atoms with van der Waals surface area (Å²) in [6.45, 7) is 1.59. The average molecular weight is 293 g/mol. The first-order chi connectivity index (χ1) is 8.91. The minimum absolute atomic E-state index is 0.159. The number of hydrogen-bond acceptors (Lipinski definition) is 2. The van der Waals surface area contributed by atoms with Gasteiger partial charge >= 0.3 is 6.18 Å². The number of hydrogen-bond donors (Lipinski definition) is 1. The molecule has 1 unspecified atom stereocenters. The summed E-state index contributed by atoms with van der Waals surface area (Å²) < 4.78 is 37.7. The number of alkyl halides is 3. The highest BCUT2D eigenvalue weighted by Gasteiger charge is 2.31. The Hall–Kier alpha value is -0.940. The summed E-state index contributed by atoms with van der Waals surface area (Å²) in [6.07, 6.45) is -2.27. The Morgan fingerprint density at radius 3 is 2.68 bits per heavy atom. The summed E-state index contributed by atoms with van der Waals surface area (Å²) in [4.78, 5) is 2.03. The first-order valence-corrected chi connectivity index (χ1v) is 6.58. The van der Waals surface area contributed by atoms with Crippen molar-refractivity contribution in [3.63, 3.8) is 0 Å². The molecule has 19 heavy (non-hydrogen) atoms. The second kappa shape index (κ2) is 5.59. The molecule has 2 rings (SSSR count). The summed E-state index contributed by atoms with van der Waals surface area (Å²) in [5, 5.41) is 3.35. The van der Waals surface area contributed by atoms with Crippen molar-refractivity contribution >= 4 is 17.3 Å². The normalized spacial score (nSPS) is 20.7. The van der Waals surface area contributed by atoms with Crippen LogP contribution < -0.4 is 10.2 Å². The van der Waals surface area contributed by atoms with Gasteiger partial charge in [-0.05, 0) is 38.1 Å². The first kappa shape index (κ1) is 14.5. The third-order valence-corrected chi connectivity index (χ3v) is 3.75. The fourth-order valence-corrected chi connectivity index (χ4v) is 2.67. The maximum atomic E-state index is 12.6. The molecule has 0 radical (unpaired) electrons. The van der Waals surface area contributed by atoms with E-state index in [-0.39, 0.29) is 5.02 Å². The number of piperidine rings is 1. The zero-order chi connectivity index (χ0) is 14.0. The smallest absolute Gasteiger partial charge is 0.369 e. The fourth-order valence-electron chi connectivity index (χ4n) is 2.37. The third-order valence-electron chi connectivity index (χ3n) is 3.45. The Morgan fingerprint density at radius 2 is 2.11 bits per heavy atom. The van der Waals surface area contributed by atoms with Crippen molar-refractivity contribution in [3.8, 4) is 0 Å². The predicted octanol–water partition coefficient (Wildman–Crippen LogP) is 3.55. The molecule has 0 saturated carbocycles. The monoisotopic (exact) mass is 292 g/mol. The van der Waals surface area contributed by atoms with Crippen molar-refractivity contribution in [1.82, 2.24) is 5.32 Å². The van der Waals surface area contributed by atoms with Crippen LogP contribution in [0, 0.1) is 0 Å². The van der Waals surface area contributed by atoms with Crippen molar-refractivity contribution < 1.29 is 13.2 Å². The third kappa shape index (κ3) is 3.34. The molecule has 0 bridgehead atoms. The van der Waals surface area contributed by atoms with E-state index < -0.39 is 11.7 Å². The molecule has 106 valence electrons. The van der Waals surface area contributed by atoms with Gasteiger partial charge in [0.25, 0.3) is 0 Å². The second-order valence-corrected chi connectivity index (χ2v) is 5.14. The second-order valence-electron chi connectivity index (χ2n) is 4.74. The van der Waals surface area contributed by atoms with Crippen LogP contribution in [-0.2, 0) is 6.18 Å². The zero-order valence-corrected chi connectivity index (χ0v) is 11.4. The van der Waals surface area contributed by atoms with Gasteiger partial charge in [0, 0.05) is 19.1 Å². The van der Waals surface area contributed by atoms with Crippen LogP contribution in [0.3, 0.4) is 0 Å². The van der Waals surface area contributed by atoms with Crippen molar-refractivity contribution in [2.75, 3.05) is 25.0 Å². The Bertz CT molecular complexity index is 448. The SMILES string of the molecule is CNC1CCCN(c2ccc(C(F)(F)F)cc2Cl)C1. The van der Waals surface area contributed by atoms with Crippen LogP contribution in [0.5, 0.6) is 0 Å². The molecule has 1 aliphatic rings. The number of anilines is 1. The molecule has 1 aromatic rings. The van der Waals surface area contributed by atoms with E-state index in [1.165, 1.54) is 6.07 Å². The molecule has 6 heteroatoms. The zero-order valence-electron chi connectivity index (χ0n) is 10.6. The summed E-state index contributed by atoms with van der Waals surface area (Å²) >= 11 is 6.00. The van der Waals surface area contributed by atoms with Crippen LogP contribution in [0.1, 0.15) is 18.4 Å². The summed E-state index contributed by atoms with van der Waals surface area (Å²) in [5.41, 5.74) is -0.0296. The van der Waals surface area contributed by atoms with Crippen LogP contribution in [0.4, 0.5) is 18.9 Å². The number of halogens is 4. The van der Waals surface area contributed by atoms with Crippen LogP contribution in [0.15, 0.2) is 18.2 Å². The van der Waals surface area contributed by atoms with Gasteiger partial charge < -0.3 is 10.2 Å². The lowest BCUT2D eigenvalue weighted by Crippen LogP contribution is -2.44. The van der Waals surface area contributed by atoms with Crippen LogP contribution in [0.2, 0.25) is 5.02 Å². The van der Waals surface area contributed by atoms with Crippen molar-refractivity contribution in [2.45, 2.75) is 25.1 Å².